The number of nitrogens with zero attached hydrogens (tertiary/aromatic N) is 1. The van der Waals surface area contributed by atoms with E-state index in [1.54, 1.807) is 18.4 Å². The summed E-state index contributed by atoms with van der Waals surface area (Å²) in [5, 5.41) is 4.20. The number of nitrogens with one attached hydrogen (secondary N) is 1. The zero-order valence-electron chi connectivity index (χ0n) is 11.3. The van der Waals surface area contributed by atoms with Crippen molar-refractivity contribution < 1.29 is 4.74 Å². The van der Waals surface area contributed by atoms with E-state index >= 15 is 0 Å². The van der Waals surface area contributed by atoms with Gasteiger partial charge in [-0.25, -0.2) is 4.98 Å². The Balaban J connectivity index is 1.92. The van der Waals surface area contributed by atoms with E-state index in [9.17, 15) is 0 Å². The van der Waals surface area contributed by atoms with Gasteiger partial charge in [0.25, 0.3) is 0 Å². The molecule has 0 aliphatic heterocycles. The molecule has 1 aromatic heterocycles. The average Bonchev–Trinajstić information content (AvgIpc) is 2.82. The lowest BCUT2D eigenvalue weighted by molar-refractivity contribution is 0.414. The lowest BCUT2D eigenvalue weighted by Crippen LogP contribution is -1.93. The quantitative estimate of drug-likeness (QED) is 0.716. The highest BCUT2D eigenvalue weighted by Crippen LogP contribution is 2.31. The molecular formula is C15H15N3OS. The summed E-state index contributed by atoms with van der Waals surface area (Å²) in [6.07, 6.45) is 0. The van der Waals surface area contributed by atoms with Crippen molar-refractivity contribution >= 4 is 38.1 Å². The summed E-state index contributed by atoms with van der Waals surface area (Å²) < 4.78 is 6.29. The minimum atomic E-state index is 0.758. The second kappa shape index (κ2) is 5.02. The smallest absolute Gasteiger partial charge is 0.188 e. The van der Waals surface area contributed by atoms with Crippen LogP contribution in [0.2, 0.25) is 0 Å². The highest BCUT2D eigenvalue weighted by molar-refractivity contribution is 7.22. The number of hydrogen-bond donors (Lipinski definition) is 2. The zero-order valence-corrected chi connectivity index (χ0v) is 12.1. The van der Waals surface area contributed by atoms with Crippen LogP contribution in [0.5, 0.6) is 5.75 Å². The predicted octanol–water partition coefficient (Wildman–Crippen LogP) is 3.94. The molecule has 3 rings (SSSR count). The maximum atomic E-state index is 5.79. The van der Waals surface area contributed by atoms with Gasteiger partial charge in [-0.1, -0.05) is 11.3 Å². The fraction of sp³-hybridized carbons (Fsp3) is 0.133. The Hall–Kier alpha value is -2.27. The van der Waals surface area contributed by atoms with Gasteiger partial charge in [-0.3, -0.25) is 0 Å². The van der Waals surface area contributed by atoms with Crippen molar-refractivity contribution in [3.63, 3.8) is 0 Å². The fourth-order valence-corrected chi connectivity index (χ4v) is 2.94. The number of fused-ring (bicyclic) bond motifs is 1. The molecule has 102 valence electrons. The van der Waals surface area contributed by atoms with E-state index in [0.717, 1.165) is 38.0 Å². The molecule has 20 heavy (non-hydrogen) atoms. The number of thiazole rings is 1. The van der Waals surface area contributed by atoms with Crippen LogP contribution in [0.4, 0.5) is 16.5 Å². The van der Waals surface area contributed by atoms with E-state index in [1.165, 1.54) is 0 Å². The highest BCUT2D eigenvalue weighted by atomic mass is 32.1. The van der Waals surface area contributed by atoms with Gasteiger partial charge in [-0.15, -0.1) is 0 Å². The minimum absolute atomic E-state index is 0.758. The molecule has 0 amide bonds. The fourth-order valence-electron chi connectivity index (χ4n) is 2.01. The molecule has 5 heteroatoms. The van der Waals surface area contributed by atoms with Crippen LogP contribution in [0.25, 0.3) is 10.2 Å². The van der Waals surface area contributed by atoms with E-state index in [4.69, 9.17) is 10.5 Å². The topological polar surface area (TPSA) is 60.2 Å². The number of nitrogen functional groups attached to an aromatic ring is 1. The number of ether oxygens (including phenoxy) is 1. The summed E-state index contributed by atoms with van der Waals surface area (Å²) in [4.78, 5) is 4.55. The normalized spacial score (nSPS) is 10.7. The van der Waals surface area contributed by atoms with Gasteiger partial charge in [0.15, 0.2) is 5.13 Å². The molecule has 3 aromatic rings. The first-order valence-electron chi connectivity index (χ1n) is 6.23. The largest absolute Gasteiger partial charge is 0.497 e. The first-order chi connectivity index (χ1) is 9.65. The van der Waals surface area contributed by atoms with Gasteiger partial charge in [0.1, 0.15) is 5.75 Å². The maximum Gasteiger partial charge on any atom is 0.188 e. The molecule has 0 saturated heterocycles. The summed E-state index contributed by atoms with van der Waals surface area (Å²) in [5.41, 5.74) is 9.64. The van der Waals surface area contributed by atoms with Crippen LogP contribution in [0.3, 0.4) is 0 Å². The molecular weight excluding hydrogens is 270 g/mol. The number of methoxy groups -OCH3 is 1. The number of benzene rings is 2. The summed E-state index contributed by atoms with van der Waals surface area (Å²) >= 11 is 1.59. The lowest BCUT2D eigenvalue weighted by atomic mass is 10.2. The summed E-state index contributed by atoms with van der Waals surface area (Å²) in [6.45, 7) is 2.04. The van der Waals surface area contributed by atoms with Gasteiger partial charge in [-0.05, 0) is 48.9 Å². The SMILES string of the molecule is COc1ccc(Nc2nc3ccc(N)cc3s2)c(C)c1. The molecule has 3 N–H and O–H groups in total. The molecule has 0 unspecified atom stereocenters. The third kappa shape index (κ3) is 2.40. The van der Waals surface area contributed by atoms with Crippen LogP contribution in [-0.2, 0) is 0 Å². The third-order valence-corrected chi connectivity index (χ3v) is 4.02. The summed E-state index contributed by atoms with van der Waals surface area (Å²) in [7, 11) is 1.67. The van der Waals surface area contributed by atoms with E-state index in [0.29, 0.717) is 0 Å². The van der Waals surface area contributed by atoms with E-state index in [2.05, 4.69) is 10.3 Å². The van der Waals surface area contributed by atoms with Crippen LogP contribution >= 0.6 is 11.3 Å². The molecule has 2 aromatic carbocycles. The Morgan fingerprint density at radius 3 is 2.80 bits per heavy atom. The highest BCUT2D eigenvalue weighted by Gasteiger charge is 2.06. The summed E-state index contributed by atoms with van der Waals surface area (Å²) in [5.74, 6) is 0.852. The van der Waals surface area contributed by atoms with Crippen LogP contribution in [-0.4, -0.2) is 12.1 Å². The van der Waals surface area contributed by atoms with Gasteiger partial charge < -0.3 is 15.8 Å². The molecule has 0 fully saturated rings. The maximum absolute atomic E-state index is 5.79. The van der Waals surface area contributed by atoms with E-state index in [1.807, 2.05) is 43.3 Å². The lowest BCUT2D eigenvalue weighted by Gasteiger charge is -2.08. The van der Waals surface area contributed by atoms with Crippen molar-refractivity contribution in [2.45, 2.75) is 6.92 Å². The van der Waals surface area contributed by atoms with Crippen molar-refractivity contribution in [3.8, 4) is 5.75 Å². The second-order valence-electron chi connectivity index (χ2n) is 4.55. The summed E-state index contributed by atoms with van der Waals surface area (Å²) in [6, 6.07) is 11.7. The Kier molecular flexibility index (Phi) is 3.20. The molecule has 0 spiro atoms. The first kappa shape index (κ1) is 12.7. The van der Waals surface area contributed by atoms with Gasteiger partial charge >= 0.3 is 0 Å². The molecule has 0 saturated carbocycles. The van der Waals surface area contributed by atoms with Crippen LogP contribution in [0.15, 0.2) is 36.4 Å². The number of anilines is 3. The van der Waals surface area contributed by atoms with E-state index in [-0.39, 0.29) is 0 Å². The standard InChI is InChI=1S/C15H15N3OS/c1-9-7-11(19-2)4-6-12(9)17-15-18-13-5-3-10(16)8-14(13)20-15/h3-8H,16H2,1-2H3,(H,17,18). The van der Waals surface area contributed by atoms with Crippen LogP contribution < -0.4 is 15.8 Å². The number of aryl methyl sites for hydroxylation is 1. The van der Waals surface area contributed by atoms with Gasteiger partial charge in [0, 0.05) is 11.4 Å². The Bertz CT molecular complexity index is 767. The van der Waals surface area contributed by atoms with Crippen molar-refractivity contribution in [2.75, 3.05) is 18.2 Å². The van der Waals surface area contributed by atoms with E-state index < -0.39 is 0 Å². The van der Waals surface area contributed by atoms with Crippen molar-refractivity contribution in [1.29, 1.82) is 0 Å². The van der Waals surface area contributed by atoms with Gasteiger partial charge in [0.2, 0.25) is 0 Å². The monoisotopic (exact) mass is 285 g/mol. The average molecular weight is 285 g/mol. The zero-order chi connectivity index (χ0) is 14.1. The number of rotatable bonds is 3. The Morgan fingerprint density at radius 2 is 2.05 bits per heavy atom. The van der Waals surface area contributed by atoms with Crippen molar-refractivity contribution in [3.05, 3.63) is 42.0 Å². The van der Waals surface area contributed by atoms with Crippen molar-refractivity contribution in [2.24, 2.45) is 0 Å². The Labute approximate surface area is 121 Å². The number of aromatic nitrogens is 1. The van der Waals surface area contributed by atoms with Crippen molar-refractivity contribution in [1.82, 2.24) is 4.98 Å². The molecule has 0 aliphatic rings. The number of nitrogens with two attached hydrogens (primary N) is 1. The van der Waals surface area contributed by atoms with Gasteiger partial charge in [0.05, 0.1) is 17.3 Å². The molecule has 0 radical (unpaired) electrons. The Morgan fingerprint density at radius 1 is 1.20 bits per heavy atom. The van der Waals surface area contributed by atoms with Gasteiger partial charge in [-0.2, -0.15) is 0 Å². The molecule has 4 nitrogen and oxygen atoms in total. The molecule has 0 atom stereocenters. The predicted molar refractivity (Wildman–Crippen MR) is 85.0 cm³/mol. The second-order valence-corrected chi connectivity index (χ2v) is 5.58. The third-order valence-electron chi connectivity index (χ3n) is 3.09. The molecule has 1 heterocycles. The van der Waals surface area contributed by atoms with Crippen LogP contribution in [0.1, 0.15) is 5.56 Å². The van der Waals surface area contributed by atoms with Crippen LogP contribution in [0, 0.1) is 6.92 Å². The molecule has 0 aliphatic carbocycles. The first-order valence-corrected chi connectivity index (χ1v) is 7.05. The molecule has 0 bridgehead atoms. The number of hydrogen-bond acceptors (Lipinski definition) is 5. The minimum Gasteiger partial charge on any atom is -0.497 e.